The van der Waals surface area contributed by atoms with Gasteiger partial charge in [0, 0.05) is 11.6 Å². The Morgan fingerprint density at radius 1 is 1.29 bits per heavy atom. The molecule has 17 heavy (non-hydrogen) atoms. The van der Waals surface area contributed by atoms with Crippen molar-refractivity contribution in [2.24, 2.45) is 5.14 Å². The minimum atomic E-state index is -3.93. The highest BCUT2D eigenvalue weighted by Crippen LogP contribution is 2.32. The molecule has 7 heteroatoms. The Balaban J connectivity index is 3.54. The molecule has 0 aliphatic carbocycles. The Morgan fingerprint density at radius 2 is 1.82 bits per heavy atom. The van der Waals surface area contributed by atoms with Crippen molar-refractivity contribution in [3.05, 3.63) is 33.9 Å². The summed E-state index contributed by atoms with van der Waals surface area (Å²) in [6.07, 6.45) is 0. The number of rotatable bonds is 2. The summed E-state index contributed by atoms with van der Waals surface area (Å²) in [6, 6.07) is 3.71. The van der Waals surface area contributed by atoms with Gasteiger partial charge in [-0.05, 0) is 11.5 Å². The third kappa shape index (κ3) is 3.01. The molecule has 0 saturated carbocycles. The van der Waals surface area contributed by atoms with Crippen molar-refractivity contribution in [1.29, 1.82) is 0 Å². The Labute approximate surface area is 99.6 Å². The fourth-order valence-electron chi connectivity index (χ4n) is 1.47. The number of nitrogens with two attached hydrogens (primary N) is 1. The van der Waals surface area contributed by atoms with Crippen molar-refractivity contribution in [1.82, 2.24) is 0 Å². The number of nitrogens with zero attached hydrogens (tertiary/aromatic N) is 1. The maximum Gasteiger partial charge on any atom is 0.274 e. The molecule has 0 unspecified atom stereocenters. The van der Waals surface area contributed by atoms with Gasteiger partial charge in [0.05, 0.1) is 9.82 Å². The van der Waals surface area contributed by atoms with E-state index in [1.807, 2.05) is 20.8 Å². The lowest BCUT2D eigenvalue weighted by Crippen LogP contribution is -2.16. The van der Waals surface area contributed by atoms with Crippen LogP contribution in [0.15, 0.2) is 23.1 Å². The van der Waals surface area contributed by atoms with Crippen molar-refractivity contribution < 1.29 is 13.3 Å². The second-order valence-electron chi connectivity index (χ2n) is 4.73. The molecule has 0 radical (unpaired) electrons. The SMILES string of the molecule is CC(C)(C)c1ccc(S(N)(=O)=O)cc1[N+](=O)[O-]. The predicted octanol–water partition coefficient (Wildman–Crippen LogP) is 1.54. The third-order valence-electron chi connectivity index (χ3n) is 2.30. The molecule has 94 valence electrons. The molecule has 0 amide bonds. The van der Waals surface area contributed by atoms with Gasteiger partial charge >= 0.3 is 0 Å². The van der Waals surface area contributed by atoms with E-state index in [9.17, 15) is 18.5 Å². The summed E-state index contributed by atoms with van der Waals surface area (Å²) < 4.78 is 22.2. The number of hydrogen-bond donors (Lipinski definition) is 1. The van der Waals surface area contributed by atoms with Crippen molar-refractivity contribution in [3.8, 4) is 0 Å². The van der Waals surface area contributed by atoms with E-state index in [1.165, 1.54) is 12.1 Å². The average Bonchev–Trinajstić information content (AvgIpc) is 2.14. The Morgan fingerprint density at radius 3 is 2.18 bits per heavy atom. The first-order chi connectivity index (χ1) is 7.53. The zero-order valence-electron chi connectivity index (χ0n) is 9.80. The number of sulfonamides is 1. The normalized spacial score (nSPS) is 12.5. The molecule has 1 rings (SSSR count). The van der Waals surface area contributed by atoms with Crippen LogP contribution in [0, 0.1) is 10.1 Å². The highest BCUT2D eigenvalue weighted by Gasteiger charge is 2.26. The topological polar surface area (TPSA) is 103 Å². The number of nitro benzene ring substituents is 1. The zero-order valence-corrected chi connectivity index (χ0v) is 10.6. The number of primary sulfonamides is 1. The fraction of sp³-hybridized carbons (Fsp3) is 0.400. The number of hydrogen-bond acceptors (Lipinski definition) is 4. The van der Waals surface area contributed by atoms with Crippen LogP contribution in [0.25, 0.3) is 0 Å². The van der Waals surface area contributed by atoms with Gasteiger partial charge in [-0.15, -0.1) is 0 Å². The summed E-state index contributed by atoms with van der Waals surface area (Å²) in [6.45, 7) is 5.43. The largest absolute Gasteiger partial charge is 0.274 e. The maximum absolute atomic E-state index is 11.1. The van der Waals surface area contributed by atoms with Crippen molar-refractivity contribution in [2.75, 3.05) is 0 Å². The minimum Gasteiger partial charge on any atom is -0.258 e. The molecule has 0 spiro atoms. The first kappa shape index (κ1) is 13.6. The molecule has 0 saturated heterocycles. The van der Waals surface area contributed by atoms with Crippen LogP contribution >= 0.6 is 0 Å². The second-order valence-corrected chi connectivity index (χ2v) is 6.29. The molecule has 0 aromatic heterocycles. The van der Waals surface area contributed by atoms with E-state index in [-0.39, 0.29) is 10.6 Å². The van der Waals surface area contributed by atoms with Gasteiger partial charge in [0.2, 0.25) is 10.0 Å². The molecule has 0 atom stereocenters. The quantitative estimate of drug-likeness (QED) is 0.641. The lowest BCUT2D eigenvalue weighted by atomic mass is 9.86. The summed E-state index contributed by atoms with van der Waals surface area (Å²) in [5.41, 5.74) is -0.210. The summed E-state index contributed by atoms with van der Waals surface area (Å²) in [7, 11) is -3.93. The first-order valence-electron chi connectivity index (χ1n) is 4.85. The summed E-state index contributed by atoms with van der Waals surface area (Å²) in [4.78, 5) is 10.1. The molecule has 0 heterocycles. The van der Waals surface area contributed by atoms with E-state index in [2.05, 4.69) is 0 Å². The Bertz CT molecular complexity index is 558. The maximum atomic E-state index is 11.1. The summed E-state index contributed by atoms with van der Waals surface area (Å²) in [5, 5.41) is 15.9. The van der Waals surface area contributed by atoms with Gasteiger partial charge in [0.1, 0.15) is 0 Å². The molecule has 0 aliphatic heterocycles. The van der Waals surface area contributed by atoms with Crippen molar-refractivity contribution in [3.63, 3.8) is 0 Å². The van der Waals surface area contributed by atoms with E-state index in [4.69, 9.17) is 5.14 Å². The highest BCUT2D eigenvalue weighted by molar-refractivity contribution is 7.89. The van der Waals surface area contributed by atoms with Crippen LogP contribution in [-0.4, -0.2) is 13.3 Å². The van der Waals surface area contributed by atoms with E-state index in [1.54, 1.807) is 0 Å². The fourth-order valence-corrected chi connectivity index (χ4v) is 2.01. The van der Waals surface area contributed by atoms with Gasteiger partial charge in [-0.25, -0.2) is 13.6 Å². The van der Waals surface area contributed by atoms with E-state index in [0.717, 1.165) is 6.07 Å². The Kier molecular flexibility index (Phi) is 3.26. The van der Waals surface area contributed by atoms with E-state index in [0.29, 0.717) is 5.56 Å². The van der Waals surface area contributed by atoms with E-state index >= 15 is 0 Å². The first-order valence-corrected chi connectivity index (χ1v) is 6.40. The van der Waals surface area contributed by atoms with Gasteiger partial charge < -0.3 is 0 Å². The molecule has 0 bridgehead atoms. The van der Waals surface area contributed by atoms with Crippen molar-refractivity contribution >= 4 is 15.7 Å². The van der Waals surface area contributed by atoms with Crippen LogP contribution < -0.4 is 5.14 Å². The molecule has 0 fully saturated rings. The monoisotopic (exact) mass is 258 g/mol. The van der Waals surface area contributed by atoms with Gasteiger partial charge in [-0.1, -0.05) is 26.8 Å². The van der Waals surface area contributed by atoms with Gasteiger partial charge in [-0.2, -0.15) is 0 Å². The molecule has 1 aromatic carbocycles. The van der Waals surface area contributed by atoms with Crippen LogP contribution in [0.4, 0.5) is 5.69 Å². The second kappa shape index (κ2) is 4.08. The van der Waals surface area contributed by atoms with Crippen LogP contribution in [0.5, 0.6) is 0 Å². The molecular weight excluding hydrogens is 244 g/mol. The lowest BCUT2D eigenvalue weighted by molar-refractivity contribution is -0.386. The summed E-state index contributed by atoms with van der Waals surface area (Å²) in [5.74, 6) is 0. The number of nitro groups is 1. The van der Waals surface area contributed by atoms with Gasteiger partial charge in [0.25, 0.3) is 5.69 Å². The summed E-state index contributed by atoms with van der Waals surface area (Å²) >= 11 is 0. The van der Waals surface area contributed by atoms with E-state index < -0.39 is 20.4 Å². The van der Waals surface area contributed by atoms with Gasteiger partial charge in [0.15, 0.2) is 0 Å². The zero-order chi connectivity index (χ0) is 13.4. The van der Waals surface area contributed by atoms with Crippen LogP contribution in [0.1, 0.15) is 26.3 Å². The molecular formula is C10H14N2O4S. The smallest absolute Gasteiger partial charge is 0.258 e. The molecule has 2 N–H and O–H groups in total. The lowest BCUT2D eigenvalue weighted by Gasteiger charge is -2.18. The van der Waals surface area contributed by atoms with Crippen LogP contribution in [0.2, 0.25) is 0 Å². The predicted molar refractivity (Wildman–Crippen MR) is 63.2 cm³/mol. The average molecular weight is 258 g/mol. The van der Waals surface area contributed by atoms with Crippen molar-refractivity contribution in [2.45, 2.75) is 31.1 Å². The standard InChI is InChI=1S/C10H14N2O4S/c1-10(2,3)8-5-4-7(17(11,15)16)6-9(8)12(13)14/h4-6H,1-3H3,(H2,11,15,16). The third-order valence-corrected chi connectivity index (χ3v) is 3.21. The van der Waals surface area contributed by atoms with Crippen LogP contribution in [0.3, 0.4) is 0 Å². The molecule has 6 nitrogen and oxygen atoms in total. The minimum absolute atomic E-state index is 0.232. The highest BCUT2D eigenvalue weighted by atomic mass is 32.2. The Hall–Kier alpha value is -1.47. The molecule has 1 aromatic rings. The van der Waals surface area contributed by atoms with Gasteiger partial charge in [-0.3, -0.25) is 10.1 Å². The van der Waals surface area contributed by atoms with Crippen LogP contribution in [-0.2, 0) is 15.4 Å². The molecule has 0 aliphatic rings. The number of benzene rings is 1.